The summed E-state index contributed by atoms with van der Waals surface area (Å²) in [4.78, 5) is 32.2. The maximum Gasteiger partial charge on any atom is 0.321 e. The fraction of sp³-hybridized carbons (Fsp3) is 0.350. The van der Waals surface area contributed by atoms with Gasteiger partial charge in [0.2, 0.25) is 0 Å². The van der Waals surface area contributed by atoms with Gasteiger partial charge in [-0.3, -0.25) is 9.78 Å². The third kappa shape index (κ3) is 4.64. The van der Waals surface area contributed by atoms with Gasteiger partial charge in [-0.15, -0.1) is 11.8 Å². The summed E-state index contributed by atoms with van der Waals surface area (Å²) in [6, 6.07) is 13.0. The van der Waals surface area contributed by atoms with Gasteiger partial charge < -0.3 is 10.2 Å². The number of nitrogens with one attached hydrogen (secondary N) is 1. The number of anilines is 1. The molecule has 0 saturated carbocycles. The van der Waals surface area contributed by atoms with Crippen LogP contribution in [0.5, 0.6) is 0 Å². The topological polar surface area (TPSA) is 62.3 Å². The zero-order valence-electron chi connectivity index (χ0n) is 14.9. The summed E-state index contributed by atoms with van der Waals surface area (Å²) < 4.78 is 0. The predicted octanol–water partition coefficient (Wildman–Crippen LogP) is 4.32. The fourth-order valence-corrected chi connectivity index (χ4v) is 3.76. The van der Waals surface area contributed by atoms with E-state index < -0.39 is 0 Å². The van der Waals surface area contributed by atoms with Crippen molar-refractivity contribution in [1.82, 2.24) is 9.88 Å². The fourth-order valence-electron chi connectivity index (χ4n) is 3.10. The predicted molar refractivity (Wildman–Crippen MR) is 105 cm³/mol. The molecule has 1 N–H and O–H groups in total. The lowest BCUT2D eigenvalue weighted by Crippen LogP contribution is -2.44. The number of carbonyl (C=O) groups is 2. The SMILES string of the molecule is CCSc1ccc(NC(=O)N2CCC[C@H](C(=O)c3ccccn3)C2)cc1. The first-order chi connectivity index (χ1) is 12.7. The van der Waals surface area contributed by atoms with Gasteiger partial charge in [0.25, 0.3) is 0 Å². The molecule has 2 heterocycles. The van der Waals surface area contributed by atoms with Gasteiger partial charge in [0.05, 0.1) is 0 Å². The molecular weight excluding hydrogens is 346 g/mol. The standard InChI is InChI=1S/C20H23N3O2S/c1-2-26-17-10-8-16(9-11-17)22-20(25)23-13-5-6-15(14-23)19(24)18-7-3-4-12-21-18/h3-4,7-12,15H,2,5-6,13-14H2,1H3,(H,22,25)/t15-/m0/s1. The third-order valence-electron chi connectivity index (χ3n) is 4.41. The number of rotatable bonds is 5. The van der Waals surface area contributed by atoms with E-state index in [9.17, 15) is 9.59 Å². The second-order valence-electron chi connectivity index (χ2n) is 6.25. The van der Waals surface area contributed by atoms with E-state index in [1.807, 2.05) is 30.3 Å². The number of nitrogens with zero attached hydrogens (tertiary/aromatic N) is 2. The molecule has 6 heteroatoms. The van der Waals surface area contributed by atoms with Crippen molar-refractivity contribution in [3.63, 3.8) is 0 Å². The minimum absolute atomic E-state index is 0.0176. The van der Waals surface area contributed by atoms with Crippen molar-refractivity contribution in [3.05, 3.63) is 54.4 Å². The van der Waals surface area contributed by atoms with Crippen LogP contribution in [0.3, 0.4) is 0 Å². The Hall–Kier alpha value is -2.34. The van der Waals surface area contributed by atoms with Gasteiger partial charge in [-0.25, -0.2) is 4.79 Å². The van der Waals surface area contributed by atoms with Crippen LogP contribution in [-0.2, 0) is 0 Å². The molecule has 0 unspecified atom stereocenters. The Kier molecular flexibility index (Phi) is 6.28. The van der Waals surface area contributed by atoms with Gasteiger partial charge in [0, 0.05) is 35.8 Å². The summed E-state index contributed by atoms with van der Waals surface area (Å²) in [5.41, 5.74) is 1.25. The average Bonchev–Trinajstić information content (AvgIpc) is 2.70. The van der Waals surface area contributed by atoms with E-state index in [2.05, 4.69) is 17.2 Å². The van der Waals surface area contributed by atoms with Crippen molar-refractivity contribution in [3.8, 4) is 0 Å². The summed E-state index contributed by atoms with van der Waals surface area (Å²) in [7, 11) is 0. The maximum atomic E-state index is 12.6. The summed E-state index contributed by atoms with van der Waals surface area (Å²) in [5.74, 6) is 0.849. The molecular formula is C20H23N3O2S. The smallest absolute Gasteiger partial charge is 0.321 e. The number of thioether (sulfide) groups is 1. The second-order valence-corrected chi connectivity index (χ2v) is 7.59. The highest BCUT2D eigenvalue weighted by Gasteiger charge is 2.29. The molecule has 1 fully saturated rings. The molecule has 1 aliphatic heterocycles. The highest BCUT2D eigenvalue weighted by Crippen LogP contribution is 2.22. The number of piperidine rings is 1. The molecule has 1 atom stereocenters. The van der Waals surface area contributed by atoms with Crippen molar-refractivity contribution < 1.29 is 9.59 Å². The largest absolute Gasteiger partial charge is 0.324 e. The Bertz CT molecular complexity index is 749. The molecule has 1 aromatic heterocycles. The molecule has 5 nitrogen and oxygen atoms in total. The molecule has 0 spiro atoms. The first-order valence-electron chi connectivity index (χ1n) is 8.91. The van der Waals surface area contributed by atoms with Crippen molar-refractivity contribution in [1.29, 1.82) is 0 Å². The van der Waals surface area contributed by atoms with E-state index in [1.165, 1.54) is 4.90 Å². The van der Waals surface area contributed by atoms with Crippen molar-refractivity contribution in [2.75, 3.05) is 24.2 Å². The second kappa shape index (κ2) is 8.85. The molecule has 136 valence electrons. The van der Waals surface area contributed by atoms with Gasteiger partial charge in [0.1, 0.15) is 5.69 Å². The number of likely N-dealkylation sites (tertiary alicyclic amines) is 1. The van der Waals surface area contributed by atoms with Crippen LogP contribution >= 0.6 is 11.8 Å². The minimum Gasteiger partial charge on any atom is -0.324 e. The number of hydrogen-bond donors (Lipinski definition) is 1. The molecule has 0 radical (unpaired) electrons. The van der Waals surface area contributed by atoms with Crippen LogP contribution in [0.1, 0.15) is 30.3 Å². The number of carbonyl (C=O) groups excluding carboxylic acids is 2. The lowest BCUT2D eigenvalue weighted by molar-refractivity contribution is 0.0846. The first-order valence-corrected chi connectivity index (χ1v) is 9.90. The van der Waals surface area contributed by atoms with E-state index >= 15 is 0 Å². The number of amides is 2. The van der Waals surface area contributed by atoms with Gasteiger partial charge in [-0.05, 0) is 55.0 Å². The summed E-state index contributed by atoms with van der Waals surface area (Å²) in [6.07, 6.45) is 3.24. The molecule has 3 rings (SSSR count). The molecule has 26 heavy (non-hydrogen) atoms. The van der Waals surface area contributed by atoms with Crippen LogP contribution < -0.4 is 5.32 Å². The lowest BCUT2D eigenvalue weighted by atomic mass is 9.92. The molecule has 2 aromatic rings. The molecule has 1 aliphatic rings. The number of hydrogen-bond acceptors (Lipinski definition) is 4. The van der Waals surface area contributed by atoms with Crippen molar-refractivity contribution in [2.45, 2.75) is 24.7 Å². The van der Waals surface area contributed by atoms with Gasteiger partial charge in [-0.1, -0.05) is 13.0 Å². The van der Waals surface area contributed by atoms with E-state index in [0.717, 1.165) is 24.3 Å². The van der Waals surface area contributed by atoms with E-state index in [-0.39, 0.29) is 17.7 Å². The van der Waals surface area contributed by atoms with Crippen LogP contribution in [0.25, 0.3) is 0 Å². The Balaban J connectivity index is 1.60. The van der Waals surface area contributed by atoms with E-state index in [0.29, 0.717) is 18.8 Å². The number of urea groups is 1. The zero-order chi connectivity index (χ0) is 18.4. The van der Waals surface area contributed by atoms with Crippen LogP contribution in [-0.4, -0.2) is 40.5 Å². The van der Waals surface area contributed by atoms with Gasteiger partial charge >= 0.3 is 6.03 Å². The first kappa shape index (κ1) is 18.5. The molecule has 0 aliphatic carbocycles. The maximum absolute atomic E-state index is 12.6. The Morgan fingerprint density at radius 3 is 2.73 bits per heavy atom. The molecule has 1 aromatic carbocycles. The van der Waals surface area contributed by atoms with Crippen LogP contribution in [0.2, 0.25) is 0 Å². The summed E-state index contributed by atoms with van der Waals surface area (Å²) in [6.45, 7) is 3.21. The Morgan fingerprint density at radius 2 is 2.04 bits per heavy atom. The number of Topliss-reactive ketones (excluding diaryl/α,β-unsaturated/α-hetero) is 1. The number of benzene rings is 1. The highest BCUT2D eigenvalue weighted by atomic mass is 32.2. The molecule has 0 bridgehead atoms. The highest BCUT2D eigenvalue weighted by molar-refractivity contribution is 7.99. The average molecular weight is 369 g/mol. The lowest BCUT2D eigenvalue weighted by Gasteiger charge is -2.31. The van der Waals surface area contributed by atoms with Crippen molar-refractivity contribution >= 4 is 29.3 Å². The van der Waals surface area contributed by atoms with Gasteiger partial charge in [-0.2, -0.15) is 0 Å². The van der Waals surface area contributed by atoms with Crippen LogP contribution in [0.4, 0.5) is 10.5 Å². The Morgan fingerprint density at radius 1 is 1.23 bits per heavy atom. The number of pyridine rings is 1. The number of aromatic nitrogens is 1. The minimum atomic E-state index is -0.187. The van der Waals surface area contributed by atoms with Crippen LogP contribution in [0, 0.1) is 5.92 Å². The quantitative estimate of drug-likeness (QED) is 0.630. The van der Waals surface area contributed by atoms with E-state index in [4.69, 9.17) is 0 Å². The summed E-state index contributed by atoms with van der Waals surface area (Å²) >= 11 is 1.77. The van der Waals surface area contributed by atoms with Crippen molar-refractivity contribution in [2.24, 2.45) is 5.92 Å². The third-order valence-corrected chi connectivity index (χ3v) is 5.31. The zero-order valence-corrected chi connectivity index (χ0v) is 15.7. The molecule has 2 amide bonds. The Labute approximate surface area is 158 Å². The normalized spacial score (nSPS) is 17.0. The van der Waals surface area contributed by atoms with Gasteiger partial charge in [0.15, 0.2) is 5.78 Å². The van der Waals surface area contributed by atoms with E-state index in [1.54, 1.807) is 35.0 Å². The number of ketones is 1. The summed E-state index contributed by atoms with van der Waals surface area (Å²) in [5, 5.41) is 2.93. The van der Waals surface area contributed by atoms with Crippen LogP contribution in [0.15, 0.2) is 53.6 Å². The molecule has 1 saturated heterocycles. The monoisotopic (exact) mass is 369 g/mol.